The molecule has 0 atom stereocenters. The maximum atomic E-state index is 11.5. The zero-order chi connectivity index (χ0) is 69.3. The van der Waals surface area contributed by atoms with Crippen LogP contribution in [0.2, 0.25) is 0 Å². The first kappa shape index (κ1) is 86.9. The average molecular weight is 1430 g/mol. The van der Waals surface area contributed by atoms with Crippen LogP contribution in [-0.2, 0) is 18.1 Å². The summed E-state index contributed by atoms with van der Waals surface area (Å²) < 4.78 is 57.9. The van der Waals surface area contributed by atoms with Gasteiger partial charge in [-0.15, -0.1) is 0 Å². The molecular weight excluding hydrogens is 1290 g/mol. The van der Waals surface area contributed by atoms with Crippen LogP contribution < -0.4 is 18.1 Å². The molecule has 4 aromatic carbocycles. The summed E-state index contributed by atoms with van der Waals surface area (Å²) in [6.45, 7) is 8.39. The van der Waals surface area contributed by atoms with Crippen molar-refractivity contribution >= 4 is 34.4 Å². The van der Waals surface area contributed by atoms with Gasteiger partial charge in [-0.25, -0.2) is 0 Å². The molecule has 0 unspecified atom stereocenters. The number of unbranched alkanes of at least 4 members (excludes halogenated alkanes) is 40. The second-order valence-corrected chi connectivity index (χ2v) is 31.0. The molecule has 12 nitrogen and oxygen atoms in total. The third-order valence-corrected chi connectivity index (χ3v) is 22.7. The number of rotatable bonds is 68. The second-order valence-electron chi connectivity index (χ2n) is 27.5. The zero-order valence-corrected chi connectivity index (χ0v) is 64.8. The van der Waals surface area contributed by atoms with Crippen LogP contribution in [0, 0.1) is 5.41 Å². The lowest BCUT2D eigenvalue weighted by Crippen LogP contribution is -2.67. The predicted octanol–water partition coefficient (Wildman–Crippen LogP) is 27.5. The van der Waals surface area contributed by atoms with Crippen molar-refractivity contribution in [3.05, 3.63) is 121 Å². The summed E-state index contributed by atoms with van der Waals surface area (Å²) in [5.41, 5.74) is -4.41. The Labute approximate surface area is 597 Å². The van der Waals surface area contributed by atoms with E-state index in [9.17, 15) is 19.6 Å². The second kappa shape index (κ2) is 57.9. The number of hydrogen-bond donors (Lipinski definition) is 4. The highest BCUT2D eigenvalue weighted by Crippen LogP contribution is 2.64. The van der Waals surface area contributed by atoms with E-state index in [4.69, 9.17) is 36.2 Å². The summed E-state index contributed by atoms with van der Waals surface area (Å²) in [4.78, 5) is 45.9. The molecule has 0 saturated carbocycles. The predicted molar refractivity (Wildman–Crippen MR) is 411 cm³/mol. The van der Waals surface area contributed by atoms with Crippen molar-refractivity contribution in [2.24, 2.45) is 5.41 Å². The monoisotopic (exact) mass is 1420 g/mol. The third-order valence-electron chi connectivity index (χ3n) is 19.5. The largest absolute Gasteiger partial charge is 0.463 e. The maximum absolute atomic E-state index is 11.5. The summed E-state index contributed by atoms with van der Waals surface area (Å²) >= 11 is 0. The molecule has 0 fully saturated rings. The van der Waals surface area contributed by atoms with Gasteiger partial charge in [0.05, 0.1) is 29.8 Å². The van der Waals surface area contributed by atoms with Crippen LogP contribution in [0.15, 0.2) is 121 Å². The standard InChI is InChI=1S/C81H136O12P4/c1-5-9-13-17-21-25-29-33-37-41-57-69-80(70-58-42-38-34-30-26-22-18-14-10-6-2,92-96(88-75-61-49-45-50-62-75)89-76-63-51-46-52-64-76)79(73-86-94(82)83,74-87-95(84)85)81(71-59-43-39-35-31-27-23-19-15-11-7-3,72-60-44-40-36-32-28-24-20-16-12-8-4)93-97(90-77-65-53-47-54-66-77)91-78-67-55-48-56-68-78/h45-56,61-68,82-85H,5-44,57-60,69-74H2,1-4H3. The molecular formula is C81H136O12P4. The maximum Gasteiger partial charge on any atom is 0.463 e. The Kier molecular flexibility index (Phi) is 51.9. The van der Waals surface area contributed by atoms with Crippen molar-refractivity contribution in [2.45, 2.75) is 347 Å². The van der Waals surface area contributed by atoms with Gasteiger partial charge < -0.3 is 46.7 Å². The molecule has 0 bridgehead atoms. The minimum absolute atomic E-state index is 0.347. The summed E-state index contributed by atoms with van der Waals surface area (Å²) in [6, 6.07) is 38.7. The Hall–Kier alpha value is -2.52. The van der Waals surface area contributed by atoms with E-state index in [1.165, 1.54) is 180 Å². The summed E-state index contributed by atoms with van der Waals surface area (Å²) in [6.07, 6.45) is 51.8. The summed E-state index contributed by atoms with van der Waals surface area (Å²) in [7, 11) is -10.7. The van der Waals surface area contributed by atoms with Crippen molar-refractivity contribution in [3.8, 4) is 23.0 Å². The smallest absolute Gasteiger partial charge is 0.418 e. The van der Waals surface area contributed by atoms with Gasteiger partial charge in [0.2, 0.25) is 0 Å². The van der Waals surface area contributed by atoms with E-state index in [0.717, 1.165) is 103 Å². The van der Waals surface area contributed by atoms with Gasteiger partial charge in [0.25, 0.3) is 0 Å². The van der Waals surface area contributed by atoms with E-state index in [1.807, 2.05) is 121 Å². The lowest BCUT2D eigenvalue weighted by Gasteiger charge is -2.59. The first-order valence-electron chi connectivity index (χ1n) is 39.2. The van der Waals surface area contributed by atoms with Crippen LogP contribution in [0.4, 0.5) is 0 Å². The minimum Gasteiger partial charge on any atom is -0.418 e. The van der Waals surface area contributed by atoms with Gasteiger partial charge in [-0.05, 0) is 74.2 Å². The number of hydrogen-bond acceptors (Lipinski definition) is 12. The van der Waals surface area contributed by atoms with E-state index in [0.29, 0.717) is 48.7 Å². The highest BCUT2D eigenvalue weighted by atomic mass is 31.2. The van der Waals surface area contributed by atoms with Gasteiger partial charge >= 0.3 is 34.4 Å². The molecule has 4 aromatic rings. The van der Waals surface area contributed by atoms with Crippen molar-refractivity contribution in [3.63, 3.8) is 0 Å². The fourth-order valence-electron chi connectivity index (χ4n) is 13.8. The van der Waals surface area contributed by atoms with Crippen LogP contribution in [0.25, 0.3) is 0 Å². The van der Waals surface area contributed by atoms with Gasteiger partial charge in [0.15, 0.2) is 0 Å². The highest BCUT2D eigenvalue weighted by molar-refractivity contribution is 7.43. The van der Waals surface area contributed by atoms with E-state index in [2.05, 4.69) is 27.7 Å². The molecule has 552 valence electrons. The van der Waals surface area contributed by atoms with Crippen LogP contribution in [0.1, 0.15) is 336 Å². The fourth-order valence-corrected chi connectivity index (χ4v) is 17.2. The van der Waals surface area contributed by atoms with Gasteiger partial charge in [-0.3, -0.25) is 9.05 Å². The van der Waals surface area contributed by atoms with E-state index >= 15 is 0 Å². The topological polar surface area (TPSA) is 155 Å². The Bertz CT molecular complexity index is 2050. The molecule has 4 N–H and O–H groups in total. The minimum atomic E-state index is -3.01. The SMILES string of the molecule is CCCCCCCCCCCCCC(CCCCCCCCCCCCC)(OP(Oc1ccccc1)Oc1ccccc1)C(COP(O)O)(COP(O)O)C(CCCCCCCCCCCCC)(CCCCCCCCCCCCC)OP(Oc1ccccc1)Oc1ccccc1. The third kappa shape index (κ3) is 39.1. The van der Waals surface area contributed by atoms with Crippen LogP contribution in [-0.4, -0.2) is 44.0 Å². The molecule has 0 aliphatic heterocycles. The normalized spacial score (nSPS) is 12.2. The average Bonchev–Trinajstić information content (AvgIpc) is 0.716. The fraction of sp³-hybridized carbons (Fsp3) is 0.704. The van der Waals surface area contributed by atoms with Gasteiger partial charge in [-0.2, -0.15) is 0 Å². The van der Waals surface area contributed by atoms with Crippen molar-refractivity contribution < 1.29 is 55.8 Å². The highest BCUT2D eigenvalue weighted by Gasteiger charge is 2.67. The molecule has 4 rings (SSSR count). The van der Waals surface area contributed by atoms with Crippen LogP contribution >= 0.6 is 34.4 Å². The molecule has 0 saturated heterocycles. The van der Waals surface area contributed by atoms with Gasteiger partial charge in [0.1, 0.15) is 23.0 Å². The van der Waals surface area contributed by atoms with Crippen molar-refractivity contribution in [1.29, 1.82) is 0 Å². The molecule has 0 spiro atoms. The van der Waals surface area contributed by atoms with Crippen LogP contribution in [0.5, 0.6) is 23.0 Å². The molecule has 0 aliphatic rings. The lowest BCUT2D eigenvalue weighted by atomic mass is 9.56. The van der Waals surface area contributed by atoms with E-state index < -0.39 is 51.0 Å². The Morgan fingerprint density at radius 2 is 0.423 bits per heavy atom. The van der Waals surface area contributed by atoms with Crippen molar-refractivity contribution in [2.75, 3.05) is 13.2 Å². The molecule has 0 aromatic heterocycles. The molecule has 0 aliphatic carbocycles. The van der Waals surface area contributed by atoms with Crippen LogP contribution in [0.3, 0.4) is 0 Å². The quantitative estimate of drug-likeness (QED) is 0.0246. The summed E-state index contributed by atoms with van der Waals surface area (Å²) in [5.74, 6) is 2.24. The Morgan fingerprint density at radius 3 is 0.598 bits per heavy atom. The number of benzene rings is 4. The molecule has 0 radical (unpaired) electrons. The van der Waals surface area contributed by atoms with Gasteiger partial charge in [-0.1, -0.05) is 383 Å². The lowest BCUT2D eigenvalue weighted by molar-refractivity contribution is -0.218. The van der Waals surface area contributed by atoms with E-state index in [1.54, 1.807) is 0 Å². The van der Waals surface area contributed by atoms with E-state index in [-0.39, 0.29) is 13.2 Å². The Morgan fingerprint density at radius 1 is 0.247 bits per heavy atom. The molecule has 0 heterocycles. The molecule has 97 heavy (non-hydrogen) atoms. The number of para-hydroxylation sites is 4. The summed E-state index contributed by atoms with van der Waals surface area (Å²) in [5, 5.41) is 0. The van der Waals surface area contributed by atoms with Crippen molar-refractivity contribution in [1.82, 2.24) is 0 Å². The van der Waals surface area contributed by atoms with Gasteiger partial charge in [0, 0.05) is 0 Å². The molecule has 16 heteroatoms. The Balaban J connectivity index is 2.08. The first-order chi connectivity index (χ1) is 47.6. The molecule has 0 amide bonds. The first-order valence-corrected chi connectivity index (χ1v) is 43.7. The zero-order valence-electron chi connectivity index (χ0n) is 61.2.